The van der Waals surface area contributed by atoms with Gasteiger partial charge in [0.05, 0.1) is 12.2 Å². The first-order valence-electron chi connectivity index (χ1n) is 9.85. The topological polar surface area (TPSA) is 46.5 Å². The highest BCUT2D eigenvalue weighted by atomic mass is 16.5. The molecule has 0 unspecified atom stereocenters. The van der Waals surface area contributed by atoms with E-state index < -0.39 is 0 Å². The molecule has 0 atom stereocenters. The van der Waals surface area contributed by atoms with Crippen molar-refractivity contribution in [3.8, 4) is 22.6 Å². The lowest BCUT2D eigenvalue weighted by Gasteiger charge is -2.09. The molecule has 0 aliphatic carbocycles. The average Bonchev–Trinajstić information content (AvgIpc) is 2.74. The second-order valence-corrected chi connectivity index (χ2v) is 6.86. The average molecular weight is 374 g/mol. The fourth-order valence-corrected chi connectivity index (χ4v) is 3.11. The third-order valence-corrected chi connectivity index (χ3v) is 4.73. The predicted molar refractivity (Wildman–Crippen MR) is 113 cm³/mol. The molecule has 0 aliphatic heterocycles. The summed E-state index contributed by atoms with van der Waals surface area (Å²) in [5.74, 6) is 0.333. The lowest BCUT2D eigenvalue weighted by molar-refractivity contribution is 0.103. The predicted octanol–water partition coefficient (Wildman–Crippen LogP) is 6.25. The quantitative estimate of drug-likeness (QED) is 0.356. The van der Waals surface area contributed by atoms with Gasteiger partial charge in [-0.25, -0.2) is 0 Å². The summed E-state index contributed by atoms with van der Waals surface area (Å²) in [7, 11) is 0. The number of ether oxygens (including phenoxy) is 1. The number of hydrogen-bond donors (Lipinski definition) is 1. The van der Waals surface area contributed by atoms with Crippen molar-refractivity contribution in [2.75, 3.05) is 6.61 Å². The van der Waals surface area contributed by atoms with E-state index in [1.54, 1.807) is 24.3 Å². The van der Waals surface area contributed by atoms with Gasteiger partial charge in [0.2, 0.25) is 0 Å². The van der Waals surface area contributed by atoms with Gasteiger partial charge in [-0.05, 0) is 29.7 Å². The summed E-state index contributed by atoms with van der Waals surface area (Å²) in [5.41, 5.74) is 2.98. The molecular formula is C25H26O3. The van der Waals surface area contributed by atoms with Gasteiger partial charge >= 0.3 is 0 Å². The van der Waals surface area contributed by atoms with E-state index >= 15 is 0 Å². The molecule has 144 valence electrons. The molecule has 3 aromatic carbocycles. The number of hydrogen-bond acceptors (Lipinski definition) is 3. The molecule has 1 N–H and O–H groups in total. The molecule has 3 aromatic rings. The molecule has 0 heterocycles. The Bertz CT molecular complexity index is 899. The largest absolute Gasteiger partial charge is 0.507 e. The van der Waals surface area contributed by atoms with Crippen LogP contribution in [0.4, 0.5) is 0 Å². The van der Waals surface area contributed by atoms with E-state index in [4.69, 9.17) is 4.74 Å². The number of carbonyl (C=O) groups is 1. The van der Waals surface area contributed by atoms with Gasteiger partial charge in [-0.3, -0.25) is 4.79 Å². The Morgan fingerprint density at radius 2 is 1.57 bits per heavy atom. The molecule has 0 saturated carbocycles. The number of ketones is 1. The first kappa shape index (κ1) is 19.7. The van der Waals surface area contributed by atoms with Gasteiger partial charge in [-0.1, -0.05) is 80.8 Å². The fraction of sp³-hybridized carbons (Fsp3) is 0.240. The molecule has 3 rings (SSSR count). The van der Waals surface area contributed by atoms with Crippen LogP contribution in [0.25, 0.3) is 11.1 Å². The molecule has 0 spiro atoms. The maximum atomic E-state index is 12.8. The first-order valence-corrected chi connectivity index (χ1v) is 9.85. The molecule has 3 nitrogen and oxygen atoms in total. The Morgan fingerprint density at radius 1 is 0.857 bits per heavy atom. The third-order valence-electron chi connectivity index (χ3n) is 4.73. The minimum Gasteiger partial charge on any atom is -0.507 e. The number of unbranched alkanes of at least 4 members (excludes halogenated alkanes) is 3. The van der Waals surface area contributed by atoms with Gasteiger partial charge in [0.1, 0.15) is 11.5 Å². The van der Waals surface area contributed by atoms with Crippen molar-refractivity contribution < 1.29 is 14.6 Å². The van der Waals surface area contributed by atoms with Crippen LogP contribution in [-0.2, 0) is 0 Å². The molecule has 28 heavy (non-hydrogen) atoms. The van der Waals surface area contributed by atoms with Crippen molar-refractivity contribution >= 4 is 5.78 Å². The minimum absolute atomic E-state index is 0.0526. The zero-order chi connectivity index (χ0) is 19.8. The summed E-state index contributed by atoms with van der Waals surface area (Å²) in [6.07, 6.45) is 4.51. The van der Waals surface area contributed by atoms with Crippen LogP contribution in [0.5, 0.6) is 11.5 Å². The standard InChI is InChI=1S/C25H26O3/c1-2-3-4-8-17-28-22-15-16-23(24(26)18-22)25(27)21-13-11-20(12-14-21)19-9-6-5-7-10-19/h5-7,9-16,18,26H,2-4,8,17H2,1H3. The third kappa shape index (κ3) is 5.01. The van der Waals surface area contributed by atoms with Crippen molar-refractivity contribution in [2.45, 2.75) is 32.6 Å². The van der Waals surface area contributed by atoms with Crippen LogP contribution in [0, 0.1) is 0 Å². The normalized spacial score (nSPS) is 10.6. The number of rotatable bonds is 9. The van der Waals surface area contributed by atoms with Crippen LogP contribution in [-0.4, -0.2) is 17.5 Å². The van der Waals surface area contributed by atoms with Crippen LogP contribution in [0.3, 0.4) is 0 Å². The van der Waals surface area contributed by atoms with Gasteiger partial charge in [0.15, 0.2) is 5.78 Å². The van der Waals surface area contributed by atoms with E-state index in [9.17, 15) is 9.90 Å². The highest BCUT2D eigenvalue weighted by Crippen LogP contribution is 2.27. The highest BCUT2D eigenvalue weighted by molar-refractivity contribution is 6.10. The summed E-state index contributed by atoms with van der Waals surface area (Å²) >= 11 is 0. The van der Waals surface area contributed by atoms with Crippen molar-refractivity contribution in [1.29, 1.82) is 0 Å². The van der Waals surface area contributed by atoms with Crippen molar-refractivity contribution in [1.82, 2.24) is 0 Å². The maximum Gasteiger partial charge on any atom is 0.196 e. The number of carbonyl (C=O) groups excluding carboxylic acids is 1. The Hall–Kier alpha value is -3.07. The summed E-state index contributed by atoms with van der Waals surface area (Å²) in [6, 6.07) is 22.3. The second-order valence-electron chi connectivity index (χ2n) is 6.86. The van der Waals surface area contributed by atoms with E-state index in [1.807, 2.05) is 42.5 Å². The Balaban J connectivity index is 1.67. The fourth-order valence-electron chi connectivity index (χ4n) is 3.11. The number of aromatic hydroxyl groups is 1. The molecule has 0 radical (unpaired) electrons. The summed E-state index contributed by atoms with van der Waals surface area (Å²) in [5, 5.41) is 10.3. The van der Waals surface area contributed by atoms with Crippen LogP contribution in [0.1, 0.15) is 48.5 Å². The van der Waals surface area contributed by atoms with Crippen LogP contribution >= 0.6 is 0 Å². The molecule has 3 heteroatoms. The van der Waals surface area contributed by atoms with E-state index in [0.29, 0.717) is 17.9 Å². The molecule has 0 aromatic heterocycles. The molecule has 0 aliphatic rings. The van der Waals surface area contributed by atoms with Gasteiger partial charge in [-0.15, -0.1) is 0 Å². The number of benzene rings is 3. The molecular weight excluding hydrogens is 348 g/mol. The van der Waals surface area contributed by atoms with E-state index in [1.165, 1.54) is 18.9 Å². The lowest BCUT2D eigenvalue weighted by atomic mass is 9.99. The van der Waals surface area contributed by atoms with E-state index in [2.05, 4.69) is 6.92 Å². The van der Waals surface area contributed by atoms with Crippen LogP contribution in [0.15, 0.2) is 72.8 Å². The van der Waals surface area contributed by atoms with Gasteiger partial charge in [-0.2, -0.15) is 0 Å². The zero-order valence-corrected chi connectivity index (χ0v) is 16.2. The van der Waals surface area contributed by atoms with Gasteiger partial charge in [0, 0.05) is 11.6 Å². The van der Waals surface area contributed by atoms with Gasteiger partial charge < -0.3 is 9.84 Å². The number of phenolic OH excluding ortho intramolecular Hbond substituents is 1. The van der Waals surface area contributed by atoms with Crippen molar-refractivity contribution in [3.63, 3.8) is 0 Å². The van der Waals surface area contributed by atoms with Crippen molar-refractivity contribution in [2.24, 2.45) is 0 Å². The SMILES string of the molecule is CCCCCCOc1ccc(C(=O)c2ccc(-c3ccccc3)cc2)c(O)c1. The monoisotopic (exact) mass is 374 g/mol. The Labute approximate surface area is 166 Å². The maximum absolute atomic E-state index is 12.8. The molecule has 0 fully saturated rings. The molecule has 0 amide bonds. The Morgan fingerprint density at radius 3 is 2.25 bits per heavy atom. The Kier molecular flexibility index (Phi) is 6.85. The minimum atomic E-state index is -0.202. The second kappa shape index (κ2) is 9.75. The van der Waals surface area contributed by atoms with E-state index in [0.717, 1.165) is 24.0 Å². The summed E-state index contributed by atoms with van der Waals surface area (Å²) < 4.78 is 5.67. The smallest absolute Gasteiger partial charge is 0.196 e. The van der Waals surface area contributed by atoms with Crippen LogP contribution < -0.4 is 4.74 Å². The summed E-state index contributed by atoms with van der Waals surface area (Å²) in [6.45, 7) is 2.79. The highest BCUT2D eigenvalue weighted by Gasteiger charge is 2.14. The molecule has 0 bridgehead atoms. The summed E-state index contributed by atoms with van der Waals surface area (Å²) in [4.78, 5) is 12.8. The lowest BCUT2D eigenvalue weighted by Crippen LogP contribution is -2.03. The molecule has 0 saturated heterocycles. The van der Waals surface area contributed by atoms with Gasteiger partial charge in [0.25, 0.3) is 0 Å². The first-order chi connectivity index (χ1) is 13.7. The number of phenols is 1. The van der Waals surface area contributed by atoms with E-state index in [-0.39, 0.29) is 17.1 Å². The van der Waals surface area contributed by atoms with Crippen molar-refractivity contribution in [3.05, 3.63) is 83.9 Å². The zero-order valence-electron chi connectivity index (χ0n) is 16.2. The van der Waals surface area contributed by atoms with Crippen LogP contribution in [0.2, 0.25) is 0 Å².